The second kappa shape index (κ2) is 5.65. The Labute approximate surface area is 109 Å². The highest BCUT2D eigenvalue weighted by molar-refractivity contribution is 7.72. The van der Waals surface area contributed by atoms with E-state index in [1.807, 2.05) is 0 Å². The molecule has 1 aliphatic heterocycles. The summed E-state index contributed by atoms with van der Waals surface area (Å²) < 4.78 is 21.5. The van der Waals surface area contributed by atoms with Crippen molar-refractivity contribution < 1.29 is 8.42 Å². The maximum absolute atomic E-state index is 10.7. The molecule has 1 aliphatic rings. The smallest absolute Gasteiger partial charge is 0.225 e. The van der Waals surface area contributed by atoms with Crippen LogP contribution >= 0.6 is 0 Å². The highest BCUT2D eigenvalue weighted by Gasteiger charge is 2.22. The van der Waals surface area contributed by atoms with Crippen molar-refractivity contribution in [2.24, 2.45) is 11.8 Å². The predicted octanol–water partition coefficient (Wildman–Crippen LogP) is 1.32. The monoisotopic (exact) mass is 269 g/mol. The van der Waals surface area contributed by atoms with Crippen LogP contribution in [0, 0.1) is 11.8 Å². The van der Waals surface area contributed by atoms with Crippen LogP contribution in [0.25, 0.3) is 0 Å². The number of rotatable bonds is 3. The number of hydrogen-bond donors (Lipinski definition) is 1. The minimum atomic E-state index is -2.58. The van der Waals surface area contributed by atoms with Gasteiger partial charge >= 0.3 is 0 Å². The van der Waals surface area contributed by atoms with Gasteiger partial charge in [0.25, 0.3) is 0 Å². The molecule has 1 saturated heterocycles. The van der Waals surface area contributed by atoms with E-state index in [-0.39, 0.29) is 4.90 Å². The first kappa shape index (κ1) is 13.3. The zero-order valence-electron chi connectivity index (χ0n) is 10.7. The van der Waals surface area contributed by atoms with Crippen LogP contribution < -0.4 is 4.90 Å². The molecule has 0 bridgehead atoms. The van der Waals surface area contributed by atoms with Gasteiger partial charge in [-0.3, -0.25) is 0 Å². The Morgan fingerprint density at radius 2 is 1.78 bits per heavy atom. The summed E-state index contributed by atoms with van der Waals surface area (Å²) in [5.41, 5.74) is 0. The van der Waals surface area contributed by atoms with E-state index in [1.165, 1.54) is 12.4 Å². The number of anilines is 1. The Hall–Kier alpha value is -1.17. The van der Waals surface area contributed by atoms with E-state index in [0.29, 0.717) is 5.95 Å². The van der Waals surface area contributed by atoms with Crippen molar-refractivity contribution in [1.29, 1.82) is 0 Å². The highest BCUT2D eigenvalue weighted by atomic mass is 32.2. The van der Waals surface area contributed by atoms with Gasteiger partial charge in [0.2, 0.25) is 5.95 Å². The summed E-state index contributed by atoms with van der Waals surface area (Å²) in [5, 5.41) is 0. The molecule has 1 aromatic rings. The zero-order valence-corrected chi connectivity index (χ0v) is 11.6. The van der Waals surface area contributed by atoms with Gasteiger partial charge in [-0.15, -0.1) is 0 Å². The second-order valence-corrected chi connectivity index (χ2v) is 6.10. The summed E-state index contributed by atoms with van der Waals surface area (Å²) >= 11 is 0. The molecule has 0 N–H and O–H groups in total. The third-order valence-corrected chi connectivity index (χ3v) is 4.25. The summed E-state index contributed by atoms with van der Waals surface area (Å²) in [6, 6.07) is 0. The van der Waals surface area contributed by atoms with Gasteiger partial charge < -0.3 is 4.90 Å². The van der Waals surface area contributed by atoms with E-state index in [2.05, 4.69) is 28.7 Å². The van der Waals surface area contributed by atoms with Crippen LogP contribution in [-0.4, -0.2) is 31.5 Å². The van der Waals surface area contributed by atoms with Crippen molar-refractivity contribution in [3.05, 3.63) is 12.4 Å². The molecule has 100 valence electrons. The van der Waals surface area contributed by atoms with Gasteiger partial charge in [-0.1, -0.05) is 13.8 Å². The van der Waals surface area contributed by atoms with Crippen LogP contribution in [0.15, 0.2) is 17.3 Å². The molecule has 18 heavy (non-hydrogen) atoms. The fourth-order valence-electron chi connectivity index (χ4n) is 2.34. The lowest BCUT2D eigenvalue weighted by molar-refractivity contribution is 0.310. The molecule has 0 spiro atoms. The number of hydrogen-bond acceptors (Lipinski definition) is 5. The standard InChI is InChI=1S/C12H19N3O2S/c1-9(2)10-3-5-15(6-4-10)12-13-7-11(8-14-12)18(16)17/h7-10,18H,3-6H2,1-2H3. The first-order valence-electron chi connectivity index (χ1n) is 6.29. The van der Waals surface area contributed by atoms with Gasteiger partial charge in [-0.25, -0.2) is 18.4 Å². The third kappa shape index (κ3) is 2.98. The molecule has 2 heterocycles. The largest absolute Gasteiger partial charge is 0.341 e. The average molecular weight is 269 g/mol. The van der Waals surface area contributed by atoms with Crippen molar-refractivity contribution in [1.82, 2.24) is 9.97 Å². The molecule has 0 unspecified atom stereocenters. The molecule has 0 radical (unpaired) electrons. The highest BCUT2D eigenvalue weighted by Crippen LogP contribution is 2.26. The minimum absolute atomic E-state index is 0.172. The second-order valence-electron chi connectivity index (χ2n) is 5.07. The van der Waals surface area contributed by atoms with E-state index >= 15 is 0 Å². The summed E-state index contributed by atoms with van der Waals surface area (Å²) in [5.74, 6) is 2.13. The van der Waals surface area contributed by atoms with Gasteiger partial charge in [0, 0.05) is 13.1 Å². The SMILES string of the molecule is CC(C)C1CCN(c2ncc([SH](=O)=O)cn2)CC1. The Bertz CT molecular complexity index is 455. The maximum Gasteiger partial charge on any atom is 0.225 e. The molecule has 1 fully saturated rings. The topological polar surface area (TPSA) is 63.2 Å². The van der Waals surface area contributed by atoms with E-state index in [9.17, 15) is 8.42 Å². The molecule has 0 aliphatic carbocycles. The van der Waals surface area contributed by atoms with Crippen molar-refractivity contribution in [2.75, 3.05) is 18.0 Å². The number of piperidine rings is 1. The Morgan fingerprint density at radius 3 is 2.22 bits per heavy atom. The van der Waals surface area contributed by atoms with Crippen molar-refractivity contribution >= 4 is 16.7 Å². The van der Waals surface area contributed by atoms with Gasteiger partial charge in [-0.2, -0.15) is 0 Å². The number of nitrogens with zero attached hydrogens (tertiary/aromatic N) is 3. The molecule has 0 amide bonds. The van der Waals surface area contributed by atoms with E-state index in [4.69, 9.17) is 0 Å². The van der Waals surface area contributed by atoms with E-state index in [0.717, 1.165) is 37.8 Å². The zero-order chi connectivity index (χ0) is 13.1. The lowest BCUT2D eigenvalue weighted by Crippen LogP contribution is -2.36. The molecule has 2 rings (SSSR count). The molecule has 1 aromatic heterocycles. The molecular formula is C12H19N3O2S. The van der Waals surface area contributed by atoms with Crippen molar-refractivity contribution in [2.45, 2.75) is 31.6 Å². The van der Waals surface area contributed by atoms with Crippen molar-refractivity contribution in [3.63, 3.8) is 0 Å². The molecule has 6 heteroatoms. The summed E-state index contributed by atoms with van der Waals surface area (Å²) in [6.07, 6.45) is 5.06. The van der Waals surface area contributed by atoms with Crippen LogP contribution in [0.5, 0.6) is 0 Å². The van der Waals surface area contributed by atoms with Gasteiger partial charge in [0.15, 0.2) is 10.7 Å². The van der Waals surface area contributed by atoms with Gasteiger partial charge in [0.05, 0.1) is 12.4 Å². The summed E-state index contributed by atoms with van der Waals surface area (Å²) in [7, 11) is -2.58. The van der Waals surface area contributed by atoms with E-state index < -0.39 is 10.7 Å². The fourth-order valence-corrected chi connectivity index (χ4v) is 2.64. The number of aromatic nitrogens is 2. The van der Waals surface area contributed by atoms with Gasteiger partial charge in [-0.05, 0) is 24.7 Å². The fraction of sp³-hybridized carbons (Fsp3) is 0.667. The van der Waals surface area contributed by atoms with E-state index in [1.54, 1.807) is 0 Å². The minimum Gasteiger partial charge on any atom is -0.341 e. The van der Waals surface area contributed by atoms with Crippen LogP contribution in [0.4, 0.5) is 5.95 Å². The van der Waals surface area contributed by atoms with Crippen LogP contribution in [0.3, 0.4) is 0 Å². The normalized spacial score (nSPS) is 17.7. The average Bonchev–Trinajstić information content (AvgIpc) is 2.39. The summed E-state index contributed by atoms with van der Waals surface area (Å²) in [4.78, 5) is 10.5. The third-order valence-electron chi connectivity index (χ3n) is 3.60. The van der Waals surface area contributed by atoms with Crippen LogP contribution in [0.2, 0.25) is 0 Å². The van der Waals surface area contributed by atoms with Crippen LogP contribution in [-0.2, 0) is 10.7 Å². The van der Waals surface area contributed by atoms with Crippen molar-refractivity contribution in [3.8, 4) is 0 Å². The first-order chi connectivity index (χ1) is 8.58. The quantitative estimate of drug-likeness (QED) is 0.838. The first-order valence-corrected chi connectivity index (χ1v) is 7.47. The molecule has 5 nitrogen and oxygen atoms in total. The molecule has 0 atom stereocenters. The summed E-state index contributed by atoms with van der Waals surface area (Å²) in [6.45, 7) is 6.42. The predicted molar refractivity (Wildman–Crippen MR) is 70.4 cm³/mol. The number of thiol groups is 1. The lowest BCUT2D eigenvalue weighted by atomic mass is 9.87. The van der Waals surface area contributed by atoms with Crippen LogP contribution in [0.1, 0.15) is 26.7 Å². The van der Waals surface area contributed by atoms with Gasteiger partial charge in [0.1, 0.15) is 4.90 Å². The lowest BCUT2D eigenvalue weighted by Gasteiger charge is -2.33. The molecule has 0 saturated carbocycles. The maximum atomic E-state index is 10.7. The molecular weight excluding hydrogens is 250 g/mol. The Kier molecular flexibility index (Phi) is 4.16. The Morgan fingerprint density at radius 1 is 1.22 bits per heavy atom. The molecule has 0 aromatic carbocycles. The Balaban J connectivity index is 2.01.